The van der Waals surface area contributed by atoms with Crippen molar-refractivity contribution in [1.29, 1.82) is 0 Å². The summed E-state index contributed by atoms with van der Waals surface area (Å²) in [4.78, 5) is 0. The Hall–Kier alpha value is -0.300. The maximum atomic E-state index is 6.53. The van der Waals surface area contributed by atoms with Crippen LogP contribution in [0.1, 0.15) is 20.3 Å². The van der Waals surface area contributed by atoms with E-state index in [1.807, 2.05) is 5.57 Å². The number of allylic oxidation sites excluding steroid dienone is 1. The summed E-state index contributed by atoms with van der Waals surface area (Å²) in [7, 11) is 0. The minimum atomic E-state index is 0.438. The van der Waals surface area contributed by atoms with Crippen molar-refractivity contribution in [3.63, 3.8) is 0 Å². The largest absolute Gasteiger partial charge is 0.361 e. The SMILES string of the molecule is CC(C)=C1[C@H]2[C@H]3[C@H]4[C@H]5[C@H]3[C@H]1[C@@]13O[C@]21[C@@H]4C[C@@H]53. The normalized spacial score (nSPS) is 84.8. The molecule has 0 unspecified atom stereocenters. The van der Waals surface area contributed by atoms with Gasteiger partial charge >= 0.3 is 0 Å². The lowest BCUT2D eigenvalue weighted by molar-refractivity contribution is 0.0202. The van der Waals surface area contributed by atoms with Crippen LogP contribution in [0, 0.1) is 47.3 Å². The Morgan fingerprint density at radius 3 is 2.06 bits per heavy atom. The molecule has 4 bridgehead atoms. The Kier molecular flexibility index (Phi) is 0.651. The highest BCUT2D eigenvalue weighted by molar-refractivity contribution is 5.62. The Balaban J connectivity index is 1.72. The van der Waals surface area contributed by atoms with E-state index in [0.717, 1.165) is 47.3 Å². The lowest BCUT2D eigenvalue weighted by Crippen LogP contribution is -2.41. The Labute approximate surface area is 95.2 Å². The topological polar surface area (TPSA) is 12.5 Å². The number of epoxide rings is 1. The maximum absolute atomic E-state index is 6.53. The van der Waals surface area contributed by atoms with Gasteiger partial charge in [0.05, 0.1) is 0 Å². The Morgan fingerprint density at radius 1 is 1.00 bits per heavy atom. The minimum Gasteiger partial charge on any atom is -0.361 e. The van der Waals surface area contributed by atoms with Gasteiger partial charge in [0, 0.05) is 11.8 Å². The molecule has 1 heteroatoms. The summed E-state index contributed by atoms with van der Waals surface area (Å²) >= 11 is 0. The summed E-state index contributed by atoms with van der Waals surface area (Å²) < 4.78 is 6.53. The fraction of sp³-hybridized carbons (Fsp3) is 0.867. The zero-order chi connectivity index (χ0) is 10.2. The third-order valence-corrected chi connectivity index (χ3v) is 8.16. The van der Waals surface area contributed by atoms with Gasteiger partial charge in [0.25, 0.3) is 0 Å². The molecule has 1 nitrogen and oxygen atoms in total. The van der Waals surface area contributed by atoms with Crippen molar-refractivity contribution in [3.05, 3.63) is 11.1 Å². The molecule has 0 N–H and O–H groups in total. The van der Waals surface area contributed by atoms with Crippen LogP contribution in [0.3, 0.4) is 0 Å². The van der Waals surface area contributed by atoms with Gasteiger partial charge in [-0.1, -0.05) is 11.1 Å². The van der Waals surface area contributed by atoms with E-state index in [2.05, 4.69) is 13.8 Å². The third kappa shape index (κ3) is 0.308. The van der Waals surface area contributed by atoms with Crippen LogP contribution in [-0.2, 0) is 4.74 Å². The van der Waals surface area contributed by atoms with Crippen LogP contribution in [0.4, 0.5) is 0 Å². The van der Waals surface area contributed by atoms with Crippen LogP contribution in [0.25, 0.3) is 0 Å². The van der Waals surface area contributed by atoms with E-state index in [0.29, 0.717) is 11.2 Å². The molecule has 7 saturated carbocycles. The second-order valence-corrected chi connectivity index (χ2v) is 7.86. The highest BCUT2D eigenvalue weighted by atomic mass is 16.6. The fourth-order valence-corrected chi connectivity index (χ4v) is 8.68. The van der Waals surface area contributed by atoms with Gasteiger partial charge in [0.1, 0.15) is 11.2 Å². The van der Waals surface area contributed by atoms with Crippen molar-refractivity contribution in [1.82, 2.24) is 0 Å². The van der Waals surface area contributed by atoms with Gasteiger partial charge in [0.15, 0.2) is 0 Å². The molecule has 0 aromatic rings. The number of rotatable bonds is 0. The molecule has 7 aliphatic carbocycles. The molecule has 0 amide bonds. The van der Waals surface area contributed by atoms with Crippen LogP contribution in [0.15, 0.2) is 11.1 Å². The lowest BCUT2D eigenvalue weighted by Gasteiger charge is -2.43. The smallest absolute Gasteiger partial charge is 0.109 e. The average Bonchev–Trinajstić information content (AvgIpc) is 2.36. The average molecular weight is 212 g/mol. The molecule has 0 aromatic carbocycles. The van der Waals surface area contributed by atoms with E-state index >= 15 is 0 Å². The van der Waals surface area contributed by atoms with Crippen LogP contribution in [-0.4, -0.2) is 11.2 Å². The first kappa shape index (κ1) is 7.20. The van der Waals surface area contributed by atoms with Gasteiger partial charge in [-0.25, -0.2) is 0 Å². The monoisotopic (exact) mass is 212 g/mol. The fourth-order valence-electron chi connectivity index (χ4n) is 8.68. The third-order valence-electron chi connectivity index (χ3n) is 8.16. The molecule has 8 aliphatic rings. The van der Waals surface area contributed by atoms with E-state index in [1.165, 1.54) is 0 Å². The summed E-state index contributed by atoms with van der Waals surface area (Å²) in [5.41, 5.74) is 4.43. The number of hydrogen-bond donors (Lipinski definition) is 0. The van der Waals surface area contributed by atoms with E-state index in [-0.39, 0.29) is 0 Å². The second-order valence-electron chi connectivity index (χ2n) is 7.86. The summed E-state index contributed by atoms with van der Waals surface area (Å²) in [5.74, 6) is 8.26. The molecule has 2 spiro atoms. The van der Waals surface area contributed by atoms with Crippen molar-refractivity contribution in [3.8, 4) is 0 Å². The van der Waals surface area contributed by atoms with Crippen LogP contribution < -0.4 is 0 Å². The molecule has 1 aliphatic heterocycles. The first-order chi connectivity index (χ1) is 7.75. The molecule has 0 radical (unpaired) electrons. The van der Waals surface area contributed by atoms with Gasteiger partial charge in [-0.3, -0.25) is 0 Å². The summed E-state index contributed by atoms with van der Waals surface area (Å²) in [6.45, 7) is 4.72. The second kappa shape index (κ2) is 1.44. The first-order valence-corrected chi connectivity index (χ1v) is 7.12. The number of ether oxygens (including phenoxy) is 1. The molecule has 10 atom stereocenters. The predicted molar refractivity (Wildman–Crippen MR) is 57.5 cm³/mol. The Bertz CT molecular complexity index is 504. The van der Waals surface area contributed by atoms with E-state index in [9.17, 15) is 0 Å². The molecular formula is C15H16O. The summed E-state index contributed by atoms with van der Waals surface area (Å²) in [5, 5.41) is 0. The zero-order valence-electron chi connectivity index (χ0n) is 9.73. The van der Waals surface area contributed by atoms with Gasteiger partial charge in [-0.05, 0) is 55.8 Å². The van der Waals surface area contributed by atoms with Gasteiger partial charge in [-0.2, -0.15) is 0 Å². The molecule has 1 saturated heterocycles. The van der Waals surface area contributed by atoms with Crippen LogP contribution in [0.2, 0.25) is 0 Å². The predicted octanol–water partition coefficient (Wildman–Crippen LogP) is 2.23. The molecule has 8 rings (SSSR count). The standard InChI is InChI=1S/C15H16O/c1-4(2)7-12-10-8-5-3-6-9(8)11(10)13(7)15(6)14(5,12)16-15/h5-6,8-13H,3H2,1-2H3/t5-,6+,8-,9+,10+,11-,12-,13-,14+,15+/m0/s1. The Morgan fingerprint density at radius 2 is 1.56 bits per heavy atom. The van der Waals surface area contributed by atoms with Gasteiger partial charge in [-0.15, -0.1) is 0 Å². The van der Waals surface area contributed by atoms with Crippen LogP contribution >= 0.6 is 0 Å². The maximum Gasteiger partial charge on any atom is 0.109 e. The molecule has 8 fully saturated rings. The summed E-state index contributed by atoms with van der Waals surface area (Å²) in [6, 6.07) is 0. The van der Waals surface area contributed by atoms with Crippen LogP contribution in [0.5, 0.6) is 0 Å². The highest BCUT2D eigenvalue weighted by Crippen LogP contribution is 3.02. The van der Waals surface area contributed by atoms with E-state index in [1.54, 1.807) is 12.0 Å². The quantitative estimate of drug-likeness (QED) is 0.443. The first-order valence-electron chi connectivity index (χ1n) is 7.12. The van der Waals surface area contributed by atoms with Crippen molar-refractivity contribution in [2.24, 2.45) is 47.3 Å². The molecular weight excluding hydrogens is 196 g/mol. The van der Waals surface area contributed by atoms with Crippen molar-refractivity contribution in [2.45, 2.75) is 31.5 Å². The van der Waals surface area contributed by atoms with Gasteiger partial charge < -0.3 is 4.74 Å². The van der Waals surface area contributed by atoms with E-state index < -0.39 is 0 Å². The van der Waals surface area contributed by atoms with E-state index in [4.69, 9.17) is 4.74 Å². The highest BCUT2D eigenvalue weighted by Gasteiger charge is 3.07. The summed E-state index contributed by atoms with van der Waals surface area (Å²) in [6.07, 6.45) is 1.56. The van der Waals surface area contributed by atoms with Gasteiger partial charge in [0.2, 0.25) is 0 Å². The van der Waals surface area contributed by atoms with Crippen molar-refractivity contribution >= 4 is 0 Å². The zero-order valence-corrected chi connectivity index (χ0v) is 9.73. The lowest BCUT2D eigenvalue weighted by atomic mass is 9.60. The molecule has 1 heterocycles. The molecule has 16 heavy (non-hydrogen) atoms. The minimum absolute atomic E-state index is 0.438. The number of hydrogen-bond acceptors (Lipinski definition) is 1. The molecule has 82 valence electrons. The van der Waals surface area contributed by atoms with Crippen molar-refractivity contribution < 1.29 is 4.74 Å². The molecule has 0 aromatic heterocycles. The van der Waals surface area contributed by atoms with Crippen molar-refractivity contribution in [2.75, 3.05) is 0 Å².